The van der Waals surface area contributed by atoms with Gasteiger partial charge < -0.3 is 9.26 Å². The summed E-state index contributed by atoms with van der Waals surface area (Å²) in [5.41, 5.74) is 3.50. The third-order valence-corrected chi connectivity index (χ3v) is 3.19. The maximum atomic E-state index is 5.36. The summed E-state index contributed by atoms with van der Waals surface area (Å²) < 4.78 is 10.6. The molecule has 0 N–H and O–H groups in total. The lowest BCUT2D eigenvalue weighted by molar-refractivity contribution is 0.393. The summed E-state index contributed by atoms with van der Waals surface area (Å²) >= 11 is 0. The lowest BCUT2D eigenvalue weighted by Crippen LogP contribution is -1.91. The Labute approximate surface area is 111 Å². The largest absolute Gasteiger partial charge is 0.494 e. The SMILES string of the molecule is COc1cccc2ccc(-c3c(C)noc3C)nc12. The number of aryl methyl sites for hydroxylation is 2. The molecule has 19 heavy (non-hydrogen) atoms. The molecule has 0 unspecified atom stereocenters. The summed E-state index contributed by atoms with van der Waals surface area (Å²) in [5.74, 6) is 1.55. The Hall–Kier alpha value is -2.36. The van der Waals surface area contributed by atoms with Crippen LogP contribution in [0.15, 0.2) is 34.9 Å². The van der Waals surface area contributed by atoms with Gasteiger partial charge in [-0.05, 0) is 26.0 Å². The first kappa shape index (κ1) is 11.7. The van der Waals surface area contributed by atoms with Crippen molar-refractivity contribution >= 4 is 10.9 Å². The number of ether oxygens (including phenoxy) is 1. The average molecular weight is 254 g/mol. The van der Waals surface area contributed by atoms with Crippen LogP contribution in [0.5, 0.6) is 5.75 Å². The number of fused-ring (bicyclic) bond motifs is 1. The molecule has 0 spiro atoms. The van der Waals surface area contributed by atoms with Crippen LogP contribution in [-0.4, -0.2) is 17.3 Å². The lowest BCUT2D eigenvalue weighted by Gasteiger charge is -2.06. The van der Waals surface area contributed by atoms with Crippen molar-refractivity contribution < 1.29 is 9.26 Å². The molecule has 0 aliphatic carbocycles. The molecule has 1 aromatic carbocycles. The minimum atomic E-state index is 0.770. The fourth-order valence-corrected chi connectivity index (χ4v) is 2.27. The molecule has 3 aromatic rings. The Morgan fingerprint density at radius 3 is 2.63 bits per heavy atom. The van der Waals surface area contributed by atoms with Gasteiger partial charge >= 0.3 is 0 Å². The Balaban J connectivity index is 2.27. The quantitative estimate of drug-likeness (QED) is 0.702. The van der Waals surface area contributed by atoms with Gasteiger partial charge in [0, 0.05) is 5.39 Å². The standard InChI is InChI=1S/C15H14N2O2/c1-9-14(10(2)19-17-9)12-8-7-11-5-4-6-13(18-3)15(11)16-12/h4-8H,1-3H3. The molecule has 2 heterocycles. The van der Waals surface area contributed by atoms with Crippen LogP contribution in [-0.2, 0) is 0 Å². The molecule has 4 heteroatoms. The molecule has 0 radical (unpaired) electrons. The van der Waals surface area contributed by atoms with E-state index in [1.165, 1.54) is 0 Å². The van der Waals surface area contributed by atoms with Crippen molar-refractivity contribution in [3.8, 4) is 17.0 Å². The van der Waals surface area contributed by atoms with Gasteiger partial charge in [-0.2, -0.15) is 0 Å². The van der Waals surface area contributed by atoms with Crippen LogP contribution in [0.3, 0.4) is 0 Å². The molecule has 96 valence electrons. The third-order valence-electron chi connectivity index (χ3n) is 3.19. The third kappa shape index (κ3) is 1.85. The highest BCUT2D eigenvalue weighted by atomic mass is 16.5. The zero-order valence-electron chi connectivity index (χ0n) is 11.1. The van der Waals surface area contributed by atoms with E-state index in [1.807, 2.05) is 44.2 Å². The van der Waals surface area contributed by atoms with Gasteiger partial charge in [-0.1, -0.05) is 23.4 Å². The van der Waals surface area contributed by atoms with Gasteiger partial charge in [0.25, 0.3) is 0 Å². The van der Waals surface area contributed by atoms with E-state index in [0.717, 1.165) is 39.4 Å². The maximum Gasteiger partial charge on any atom is 0.145 e. The van der Waals surface area contributed by atoms with Gasteiger partial charge in [0.2, 0.25) is 0 Å². The highest BCUT2D eigenvalue weighted by Crippen LogP contribution is 2.30. The summed E-state index contributed by atoms with van der Waals surface area (Å²) in [6, 6.07) is 9.90. The van der Waals surface area contributed by atoms with Crippen LogP contribution < -0.4 is 4.74 Å². The molecule has 0 aliphatic rings. The van der Waals surface area contributed by atoms with Crippen molar-refractivity contribution in [1.29, 1.82) is 0 Å². The predicted molar refractivity (Wildman–Crippen MR) is 73.3 cm³/mol. The first-order valence-electron chi connectivity index (χ1n) is 6.07. The molecule has 0 bridgehead atoms. The summed E-state index contributed by atoms with van der Waals surface area (Å²) in [7, 11) is 1.65. The molecule has 0 fully saturated rings. The molecule has 2 aromatic heterocycles. The molecule has 0 atom stereocenters. The van der Waals surface area contributed by atoms with Crippen molar-refractivity contribution in [2.24, 2.45) is 0 Å². The fourth-order valence-electron chi connectivity index (χ4n) is 2.27. The van der Waals surface area contributed by atoms with Gasteiger partial charge in [-0.25, -0.2) is 4.98 Å². The van der Waals surface area contributed by atoms with Gasteiger partial charge in [0.05, 0.1) is 24.1 Å². The van der Waals surface area contributed by atoms with E-state index in [1.54, 1.807) is 7.11 Å². The van der Waals surface area contributed by atoms with Crippen LogP contribution in [0.2, 0.25) is 0 Å². The van der Waals surface area contributed by atoms with Gasteiger partial charge in [0.15, 0.2) is 0 Å². The minimum absolute atomic E-state index is 0.770. The second-order valence-electron chi connectivity index (χ2n) is 4.43. The first-order chi connectivity index (χ1) is 9.20. The Morgan fingerprint density at radius 1 is 1.11 bits per heavy atom. The molecular weight excluding hydrogens is 240 g/mol. The topological polar surface area (TPSA) is 48.2 Å². The number of rotatable bonds is 2. The summed E-state index contributed by atoms with van der Waals surface area (Å²) in [5, 5.41) is 5.02. The van der Waals surface area contributed by atoms with E-state index in [0.29, 0.717) is 0 Å². The highest BCUT2D eigenvalue weighted by Gasteiger charge is 2.14. The molecular formula is C15H14N2O2. The van der Waals surface area contributed by atoms with Gasteiger partial charge in [-0.3, -0.25) is 0 Å². The summed E-state index contributed by atoms with van der Waals surface area (Å²) in [4.78, 5) is 4.69. The van der Waals surface area contributed by atoms with Crippen molar-refractivity contribution in [2.45, 2.75) is 13.8 Å². The monoisotopic (exact) mass is 254 g/mol. The fraction of sp³-hybridized carbons (Fsp3) is 0.200. The number of benzene rings is 1. The zero-order chi connectivity index (χ0) is 13.4. The van der Waals surface area contributed by atoms with Crippen molar-refractivity contribution in [1.82, 2.24) is 10.1 Å². The normalized spacial score (nSPS) is 10.9. The smallest absolute Gasteiger partial charge is 0.145 e. The van der Waals surface area contributed by atoms with E-state index in [4.69, 9.17) is 9.26 Å². The number of methoxy groups -OCH3 is 1. The highest BCUT2D eigenvalue weighted by molar-refractivity contribution is 5.87. The Bertz CT molecular complexity index is 727. The second-order valence-corrected chi connectivity index (χ2v) is 4.43. The number of para-hydroxylation sites is 1. The molecule has 0 saturated carbocycles. The minimum Gasteiger partial charge on any atom is -0.494 e. The van der Waals surface area contributed by atoms with Gasteiger partial charge in [-0.15, -0.1) is 0 Å². The lowest BCUT2D eigenvalue weighted by atomic mass is 10.1. The number of nitrogens with zero attached hydrogens (tertiary/aromatic N) is 2. The van der Waals surface area contributed by atoms with E-state index < -0.39 is 0 Å². The van der Waals surface area contributed by atoms with Crippen LogP contribution in [0.25, 0.3) is 22.2 Å². The van der Waals surface area contributed by atoms with E-state index in [2.05, 4.69) is 10.1 Å². The number of hydrogen-bond acceptors (Lipinski definition) is 4. The van der Waals surface area contributed by atoms with Crippen molar-refractivity contribution in [3.63, 3.8) is 0 Å². The van der Waals surface area contributed by atoms with Crippen LogP contribution in [0.1, 0.15) is 11.5 Å². The van der Waals surface area contributed by atoms with Crippen molar-refractivity contribution in [2.75, 3.05) is 7.11 Å². The first-order valence-corrected chi connectivity index (χ1v) is 6.07. The number of aromatic nitrogens is 2. The number of pyridine rings is 1. The summed E-state index contributed by atoms with van der Waals surface area (Å²) in [6.07, 6.45) is 0. The zero-order valence-corrected chi connectivity index (χ0v) is 11.1. The summed E-state index contributed by atoms with van der Waals surface area (Å²) in [6.45, 7) is 3.81. The van der Waals surface area contributed by atoms with Crippen LogP contribution in [0, 0.1) is 13.8 Å². The Morgan fingerprint density at radius 2 is 1.95 bits per heavy atom. The van der Waals surface area contributed by atoms with Crippen molar-refractivity contribution in [3.05, 3.63) is 41.8 Å². The maximum absolute atomic E-state index is 5.36. The van der Waals surface area contributed by atoms with E-state index in [-0.39, 0.29) is 0 Å². The second kappa shape index (κ2) is 4.39. The van der Waals surface area contributed by atoms with E-state index >= 15 is 0 Å². The van der Waals surface area contributed by atoms with Gasteiger partial charge in [0.1, 0.15) is 17.0 Å². The molecule has 4 nitrogen and oxygen atoms in total. The van der Waals surface area contributed by atoms with Crippen LogP contribution in [0.4, 0.5) is 0 Å². The molecule has 0 amide bonds. The Kier molecular flexibility index (Phi) is 2.71. The molecule has 3 rings (SSSR count). The molecule has 0 aliphatic heterocycles. The predicted octanol–water partition coefficient (Wildman–Crippen LogP) is 3.52. The number of hydrogen-bond donors (Lipinski definition) is 0. The van der Waals surface area contributed by atoms with E-state index in [9.17, 15) is 0 Å². The van der Waals surface area contributed by atoms with Crippen LogP contribution >= 0.6 is 0 Å². The average Bonchev–Trinajstić information content (AvgIpc) is 2.77. The molecule has 0 saturated heterocycles.